The molecule has 204 valence electrons. The standard InChI is InChI=1S/C20H22FNO.C11H18N2O2/c1-6-19(17-10-11-23-20(4,5)13-17)15(3)22-14(2)16-8-7-9-18(21)12-16;1-4-6-13(9(3)5-2)11(14)10-7-12-15-8-10/h1,7-10,12H,11,13H2,2-5H3;7-9H,4-6H2,1-3H3/b19-15-,22-14?;. The molecule has 0 N–H and O–H groups in total. The minimum Gasteiger partial charge on any atom is -0.371 e. The van der Waals surface area contributed by atoms with Crippen LogP contribution < -0.4 is 0 Å². The van der Waals surface area contributed by atoms with Crippen LogP contribution in [0.3, 0.4) is 0 Å². The quantitative estimate of drug-likeness (QED) is 0.277. The summed E-state index contributed by atoms with van der Waals surface area (Å²) in [5.41, 5.74) is 4.42. The maximum Gasteiger partial charge on any atom is 0.259 e. The predicted molar refractivity (Wildman–Crippen MR) is 150 cm³/mol. The van der Waals surface area contributed by atoms with E-state index in [4.69, 9.17) is 11.2 Å². The largest absolute Gasteiger partial charge is 0.371 e. The number of allylic oxidation sites excluding steroid dienone is 2. The number of halogens is 1. The molecular weight excluding hydrogens is 481 g/mol. The number of carbonyl (C=O) groups is 1. The highest BCUT2D eigenvalue weighted by atomic mass is 19.1. The third-order valence-corrected chi connectivity index (χ3v) is 6.35. The number of benzene rings is 1. The normalized spacial score (nSPS) is 16.3. The van der Waals surface area contributed by atoms with Gasteiger partial charge in [0.1, 0.15) is 12.1 Å². The molecule has 0 saturated heterocycles. The van der Waals surface area contributed by atoms with Crippen LogP contribution in [0.15, 0.2) is 69.2 Å². The third kappa shape index (κ3) is 8.81. The maximum atomic E-state index is 13.3. The first-order valence-electron chi connectivity index (χ1n) is 13.0. The van der Waals surface area contributed by atoms with Crippen LogP contribution in [0.4, 0.5) is 4.39 Å². The molecular formula is C31H40FN3O3. The van der Waals surface area contributed by atoms with E-state index in [2.05, 4.69) is 41.4 Å². The Hall–Kier alpha value is -3.50. The first-order valence-corrected chi connectivity index (χ1v) is 13.0. The Kier molecular flexibility index (Phi) is 11.7. The molecule has 2 aromatic rings. The van der Waals surface area contributed by atoms with Crippen molar-refractivity contribution in [3.8, 4) is 12.3 Å². The molecule has 1 aliphatic heterocycles. The summed E-state index contributed by atoms with van der Waals surface area (Å²) in [7, 11) is 0. The summed E-state index contributed by atoms with van der Waals surface area (Å²) in [6.07, 6.45) is 13.2. The molecule has 0 aliphatic carbocycles. The zero-order valence-electron chi connectivity index (χ0n) is 23.7. The summed E-state index contributed by atoms with van der Waals surface area (Å²) in [5.74, 6) is 2.49. The Morgan fingerprint density at radius 1 is 1.29 bits per heavy atom. The number of ether oxygens (including phenoxy) is 1. The van der Waals surface area contributed by atoms with Crippen molar-refractivity contribution < 1.29 is 18.4 Å². The van der Waals surface area contributed by atoms with E-state index >= 15 is 0 Å². The number of aromatic nitrogens is 1. The van der Waals surface area contributed by atoms with Gasteiger partial charge in [-0.25, -0.2) is 4.39 Å². The van der Waals surface area contributed by atoms with Gasteiger partial charge < -0.3 is 14.2 Å². The van der Waals surface area contributed by atoms with Gasteiger partial charge in [0, 0.05) is 30.3 Å². The number of aliphatic imine (C=N–C) groups is 1. The third-order valence-electron chi connectivity index (χ3n) is 6.35. The van der Waals surface area contributed by atoms with Crippen LogP contribution in [0.5, 0.6) is 0 Å². The molecule has 1 aliphatic rings. The summed E-state index contributed by atoms with van der Waals surface area (Å²) < 4.78 is 23.7. The van der Waals surface area contributed by atoms with Gasteiger partial charge in [0.15, 0.2) is 0 Å². The predicted octanol–water partition coefficient (Wildman–Crippen LogP) is 6.99. The zero-order chi connectivity index (χ0) is 28.3. The smallest absolute Gasteiger partial charge is 0.259 e. The molecule has 1 aromatic heterocycles. The van der Waals surface area contributed by atoms with Crippen molar-refractivity contribution in [2.75, 3.05) is 13.2 Å². The lowest BCUT2D eigenvalue weighted by molar-refractivity contribution is -0.00864. The highest BCUT2D eigenvalue weighted by Crippen LogP contribution is 2.30. The molecule has 1 aromatic carbocycles. The maximum absolute atomic E-state index is 13.3. The summed E-state index contributed by atoms with van der Waals surface area (Å²) >= 11 is 0. The summed E-state index contributed by atoms with van der Waals surface area (Å²) in [6.45, 7) is 15.4. The van der Waals surface area contributed by atoms with E-state index in [1.807, 2.05) is 44.7 Å². The number of hydrogen-bond acceptors (Lipinski definition) is 5. The minimum atomic E-state index is -0.273. The van der Waals surface area contributed by atoms with Crippen molar-refractivity contribution >= 4 is 11.6 Å². The number of terminal acetylenes is 1. The van der Waals surface area contributed by atoms with Gasteiger partial charge in [0.05, 0.1) is 29.7 Å². The molecule has 0 bridgehead atoms. The van der Waals surface area contributed by atoms with Crippen LogP contribution in [0, 0.1) is 18.2 Å². The van der Waals surface area contributed by atoms with E-state index in [0.717, 1.165) is 53.9 Å². The van der Waals surface area contributed by atoms with E-state index in [9.17, 15) is 9.18 Å². The number of amides is 1. The minimum absolute atomic E-state index is 0.00690. The molecule has 6 nitrogen and oxygen atoms in total. The Morgan fingerprint density at radius 2 is 2.03 bits per heavy atom. The van der Waals surface area contributed by atoms with Gasteiger partial charge in [0.2, 0.25) is 0 Å². The fraction of sp³-hybridized carbons (Fsp3) is 0.452. The molecule has 1 unspecified atom stereocenters. The van der Waals surface area contributed by atoms with Gasteiger partial charge in [-0.15, -0.1) is 6.42 Å². The molecule has 3 rings (SSSR count). The number of rotatable bonds is 8. The average molecular weight is 522 g/mol. The molecule has 0 fully saturated rings. The van der Waals surface area contributed by atoms with Gasteiger partial charge in [-0.3, -0.25) is 9.79 Å². The second kappa shape index (κ2) is 14.4. The van der Waals surface area contributed by atoms with Crippen LogP contribution >= 0.6 is 0 Å². The Morgan fingerprint density at radius 3 is 2.58 bits per heavy atom. The lowest BCUT2D eigenvalue weighted by Gasteiger charge is -2.30. The Balaban J connectivity index is 0.000000293. The zero-order valence-corrected chi connectivity index (χ0v) is 23.7. The first-order chi connectivity index (χ1) is 18.0. The molecule has 0 radical (unpaired) electrons. The lowest BCUT2D eigenvalue weighted by atomic mass is 9.90. The van der Waals surface area contributed by atoms with Gasteiger partial charge in [-0.05, 0) is 70.7 Å². The van der Waals surface area contributed by atoms with Crippen LogP contribution in [-0.4, -0.2) is 46.5 Å². The van der Waals surface area contributed by atoms with E-state index in [1.165, 1.54) is 24.6 Å². The molecule has 2 heterocycles. The number of nitrogens with zero attached hydrogens (tertiary/aromatic N) is 3. The summed E-state index contributed by atoms with van der Waals surface area (Å²) in [5, 5.41) is 3.55. The Bertz CT molecular complexity index is 1200. The SMILES string of the molecule is C#C/C(C1=CCOC(C)(C)C1)=C(\C)N=C(C)c1cccc(F)c1.CCCN(C(=O)c1cnoc1)C(C)CC. The molecule has 1 amide bonds. The van der Waals surface area contributed by atoms with E-state index in [1.54, 1.807) is 6.07 Å². The van der Waals surface area contributed by atoms with E-state index in [-0.39, 0.29) is 23.4 Å². The average Bonchev–Trinajstić information content (AvgIpc) is 3.42. The van der Waals surface area contributed by atoms with Crippen molar-refractivity contribution in [3.05, 3.63) is 76.6 Å². The number of hydrogen-bond donors (Lipinski definition) is 0. The van der Waals surface area contributed by atoms with Crippen LogP contribution in [-0.2, 0) is 4.74 Å². The van der Waals surface area contributed by atoms with Crippen molar-refractivity contribution in [2.24, 2.45) is 4.99 Å². The van der Waals surface area contributed by atoms with Gasteiger partial charge >= 0.3 is 0 Å². The fourth-order valence-electron chi connectivity index (χ4n) is 4.11. The molecule has 1 atom stereocenters. The summed E-state index contributed by atoms with van der Waals surface area (Å²) in [4.78, 5) is 18.5. The molecule has 0 spiro atoms. The van der Waals surface area contributed by atoms with Gasteiger partial charge in [-0.2, -0.15) is 0 Å². The van der Waals surface area contributed by atoms with E-state index in [0.29, 0.717) is 12.2 Å². The van der Waals surface area contributed by atoms with Crippen molar-refractivity contribution in [2.45, 2.75) is 79.4 Å². The molecule has 7 heteroatoms. The van der Waals surface area contributed by atoms with Crippen molar-refractivity contribution in [1.82, 2.24) is 10.1 Å². The van der Waals surface area contributed by atoms with Crippen molar-refractivity contribution in [1.29, 1.82) is 0 Å². The van der Waals surface area contributed by atoms with Gasteiger partial charge in [0.25, 0.3) is 5.91 Å². The fourth-order valence-corrected chi connectivity index (χ4v) is 4.11. The highest BCUT2D eigenvalue weighted by molar-refractivity contribution is 5.99. The monoisotopic (exact) mass is 521 g/mol. The van der Waals surface area contributed by atoms with Crippen LogP contribution in [0.1, 0.15) is 83.7 Å². The second-order valence-electron chi connectivity index (χ2n) is 9.96. The van der Waals surface area contributed by atoms with Crippen LogP contribution in [0.25, 0.3) is 0 Å². The molecule has 0 saturated carbocycles. The topological polar surface area (TPSA) is 67.9 Å². The van der Waals surface area contributed by atoms with Crippen molar-refractivity contribution in [3.63, 3.8) is 0 Å². The van der Waals surface area contributed by atoms with Crippen LogP contribution in [0.2, 0.25) is 0 Å². The number of carbonyl (C=O) groups excluding carboxylic acids is 1. The summed E-state index contributed by atoms with van der Waals surface area (Å²) in [6, 6.07) is 6.66. The van der Waals surface area contributed by atoms with Gasteiger partial charge in [-0.1, -0.05) is 43.1 Å². The Labute approximate surface area is 226 Å². The first kappa shape index (κ1) is 30.7. The lowest BCUT2D eigenvalue weighted by Crippen LogP contribution is -2.38. The second-order valence-corrected chi connectivity index (χ2v) is 9.96. The molecule has 38 heavy (non-hydrogen) atoms. The highest BCUT2D eigenvalue weighted by Gasteiger charge is 2.25. The van der Waals surface area contributed by atoms with E-state index < -0.39 is 0 Å².